The number of nitrogens with zero attached hydrogens (tertiary/aromatic N) is 6. The number of nitro groups is 1. The smallest absolute Gasteiger partial charge is 0.379 e. The summed E-state index contributed by atoms with van der Waals surface area (Å²) in [5, 5.41) is 13.8. The Kier molecular flexibility index (Phi) is 4.70. The first kappa shape index (κ1) is 13.2. The minimum absolute atomic E-state index is 0.0142. The van der Waals surface area contributed by atoms with Crippen molar-refractivity contribution in [3.63, 3.8) is 0 Å². The van der Waals surface area contributed by atoms with E-state index in [9.17, 15) is 10.1 Å². The SMILES string of the molecule is COC(CN=[N+]=[N-])Cn1cc([N+](=O)[O-])nc1Cl. The summed E-state index contributed by atoms with van der Waals surface area (Å²) < 4.78 is 6.40. The number of azide groups is 1. The van der Waals surface area contributed by atoms with Gasteiger partial charge in [0, 0.05) is 12.0 Å². The molecule has 0 aliphatic heterocycles. The van der Waals surface area contributed by atoms with Crippen molar-refractivity contribution in [1.82, 2.24) is 9.55 Å². The molecule has 0 aliphatic carbocycles. The number of methoxy groups -OCH3 is 1. The maximum atomic E-state index is 10.5. The molecule has 92 valence electrons. The number of ether oxygens (including phenoxy) is 1. The van der Waals surface area contributed by atoms with Gasteiger partial charge in [0.25, 0.3) is 0 Å². The first-order valence-electron chi connectivity index (χ1n) is 4.49. The molecule has 0 radical (unpaired) electrons. The van der Waals surface area contributed by atoms with Gasteiger partial charge in [0.1, 0.15) is 6.20 Å². The largest absolute Gasteiger partial charge is 0.383 e. The van der Waals surface area contributed by atoms with E-state index in [1.807, 2.05) is 0 Å². The molecule has 1 unspecified atom stereocenters. The van der Waals surface area contributed by atoms with E-state index in [0.717, 1.165) is 0 Å². The Balaban J connectivity index is 2.78. The van der Waals surface area contributed by atoms with Gasteiger partial charge >= 0.3 is 11.1 Å². The highest BCUT2D eigenvalue weighted by Gasteiger charge is 2.19. The quantitative estimate of drug-likeness (QED) is 0.254. The average molecular weight is 261 g/mol. The van der Waals surface area contributed by atoms with Crippen molar-refractivity contribution in [2.24, 2.45) is 5.11 Å². The van der Waals surface area contributed by atoms with Gasteiger partial charge in [-0.05, 0) is 27.0 Å². The van der Waals surface area contributed by atoms with Crippen LogP contribution in [0, 0.1) is 10.1 Å². The van der Waals surface area contributed by atoms with E-state index in [2.05, 4.69) is 15.0 Å². The lowest BCUT2D eigenvalue weighted by Gasteiger charge is -2.12. The van der Waals surface area contributed by atoms with Crippen molar-refractivity contribution in [3.05, 3.63) is 32.0 Å². The molecule has 0 aromatic carbocycles. The van der Waals surface area contributed by atoms with Crippen LogP contribution in [0.5, 0.6) is 0 Å². The third kappa shape index (κ3) is 3.59. The van der Waals surface area contributed by atoms with Gasteiger partial charge in [-0.2, -0.15) is 0 Å². The summed E-state index contributed by atoms with van der Waals surface area (Å²) in [5.74, 6) is -0.339. The minimum Gasteiger partial charge on any atom is -0.379 e. The van der Waals surface area contributed by atoms with E-state index in [-0.39, 0.29) is 24.2 Å². The Labute approximate surface area is 101 Å². The standard InChI is InChI=1S/C7H9ClN6O3/c1-17-5(2-10-12-9)3-13-4-6(14(15)16)11-7(13)8/h4-5H,2-3H2,1H3. The van der Waals surface area contributed by atoms with Crippen molar-refractivity contribution in [2.45, 2.75) is 12.6 Å². The lowest BCUT2D eigenvalue weighted by atomic mass is 10.3. The Morgan fingerprint density at radius 1 is 1.88 bits per heavy atom. The van der Waals surface area contributed by atoms with E-state index in [4.69, 9.17) is 21.9 Å². The number of hydrogen-bond donors (Lipinski definition) is 0. The van der Waals surface area contributed by atoms with Crippen LogP contribution in [-0.4, -0.2) is 34.2 Å². The minimum atomic E-state index is -0.641. The van der Waals surface area contributed by atoms with E-state index in [1.54, 1.807) is 0 Å². The number of rotatable bonds is 6. The topological polar surface area (TPSA) is 119 Å². The second kappa shape index (κ2) is 6.04. The van der Waals surface area contributed by atoms with Crippen LogP contribution in [0.1, 0.15) is 0 Å². The Morgan fingerprint density at radius 3 is 3.06 bits per heavy atom. The van der Waals surface area contributed by atoms with Crippen LogP contribution in [0.2, 0.25) is 5.28 Å². The van der Waals surface area contributed by atoms with E-state index in [1.165, 1.54) is 17.9 Å². The number of imidazole rings is 1. The lowest BCUT2D eigenvalue weighted by molar-refractivity contribution is -0.389. The molecule has 1 heterocycles. The fourth-order valence-electron chi connectivity index (χ4n) is 1.15. The first-order valence-corrected chi connectivity index (χ1v) is 4.87. The molecule has 0 saturated heterocycles. The highest BCUT2D eigenvalue weighted by molar-refractivity contribution is 6.28. The maximum Gasteiger partial charge on any atom is 0.383 e. The fraction of sp³-hybridized carbons (Fsp3) is 0.571. The van der Waals surface area contributed by atoms with Crippen LogP contribution in [0.15, 0.2) is 11.3 Å². The lowest BCUT2D eigenvalue weighted by Crippen LogP contribution is -2.21. The molecule has 0 N–H and O–H groups in total. The molecular formula is C7H9ClN6O3. The molecule has 0 spiro atoms. The predicted octanol–water partition coefficient (Wildman–Crippen LogP) is 1.77. The van der Waals surface area contributed by atoms with Crippen LogP contribution in [-0.2, 0) is 11.3 Å². The molecule has 1 atom stereocenters. The zero-order chi connectivity index (χ0) is 12.8. The fourth-order valence-corrected chi connectivity index (χ4v) is 1.35. The molecule has 0 amide bonds. The number of hydrogen-bond acceptors (Lipinski definition) is 5. The summed E-state index contributed by atoms with van der Waals surface area (Å²) >= 11 is 5.71. The Bertz CT molecular complexity index is 454. The van der Waals surface area contributed by atoms with Crippen molar-refractivity contribution in [3.8, 4) is 0 Å². The molecule has 10 heteroatoms. The van der Waals surface area contributed by atoms with Gasteiger partial charge in [0.2, 0.25) is 0 Å². The Hall–Kier alpha value is -1.83. The predicted molar refractivity (Wildman–Crippen MR) is 58.7 cm³/mol. The van der Waals surface area contributed by atoms with Gasteiger partial charge in [0.15, 0.2) is 0 Å². The second-order valence-electron chi connectivity index (χ2n) is 3.05. The number of halogens is 1. The van der Waals surface area contributed by atoms with E-state index >= 15 is 0 Å². The zero-order valence-corrected chi connectivity index (χ0v) is 9.61. The summed E-state index contributed by atoms with van der Waals surface area (Å²) in [7, 11) is 1.44. The molecule has 0 aliphatic rings. The van der Waals surface area contributed by atoms with E-state index in [0.29, 0.717) is 0 Å². The van der Waals surface area contributed by atoms with Crippen molar-refractivity contribution in [2.75, 3.05) is 13.7 Å². The van der Waals surface area contributed by atoms with Crippen LogP contribution in [0.3, 0.4) is 0 Å². The molecule has 0 fully saturated rings. The normalized spacial score (nSPS) is 11.9. The third-order valence-electron chi connectivity index (χ3n) is 1.98. The summed E-state index contributed by atoms with van der Waals surface area (Å²) in [6.45, 7) is 0.324. The van der Waals surface area contributed by atoms with Gasteiger partial charge < -0.3 is 14.9 Å². The van der Waals surface area contributed by atoms with Crippen LogP contribution >= 0.6 is 11.6 Å². The van der Waals surface area contributed by atoms with Gasteiger partial charge in [-0.3, -0.25) is 4.57 Å². The van der Waals surface area contributed by atoms with Crippen LogP contribution in [0.25, 0.3) is 10.4 Å². The van der Waals surface area contributed by atoms with Gasteiger partial charge in [-0.15, -0.1) is 0 Å². The molecule has 9 nitrogen and oxygen atoms in total. The zero-order valence-electron chi connectivity index (χ0n) is 8.85. The monoisotopic (exact) mass is 260 g/mol. The molecule has 17 heavy (non-hydrogen) atoms. The second-order valence-corrected chi connectivity index (χ2v) is 3.39. The summed E-state index contributed by atoms with van der Waals surface area (Å²) in [4.78, 5) is 16.0. The van der Waals surface area contributed by atoms with Crippen LogP contribution in [0.4, 0.5) is 5.82 Å². The summed E-state index contributed by atoms with van der Waals surface area (Å²) in [6, 6.07) is 0. The molecule has 0 bridgehead atoms. The van der Waals surface area contributed by atoms with Gasteiger partial charge in [-0.1, -0.05) is 5.11 Å². The van der Waals surface area contributed by atoms with Crippen LogP contribution < -0.4 is 0 Å². The molecule has 1 aromatic heterocycles. The van der Waals surface area contributed by atoms with Crippen molar-refractivity contribution >= 4 is 17.4 Å². The van der Waals surface area contributed by atoms with E-state index < -0.39 is 11.0 Å². The van der Waals surface area contributed by atoms with Gasteiger partial charge in [0.05, 0.1) is 19.2 Å². The highest BCUT2D eigenvalue weighted by Crippen LogP contribution is 2.16. The van der Waals surface area contributed by atoms with Gasteiger partial charge in [-0.25, -0.2) is 0 Å². The summed E-state index contributed by atoms with van der Waals surface area (Å²) in [5.41, 5.74) is 8.18. The first-order chi connectivity index (χ1) is 8.08. The van der Waals surface area contributed by atoms with Crippen molar-refractivity contribution < 1.29 is 9.66 Å². The Morgan fingerprint density at radius 2 is 2.59 bits per heavy atom. The average Bonchev–Trinajstić information content (AvgIpc) is 2.66. The summed E-state index contributed by atoms with van der Waals surface area (Å²) in [6.07, 6.45) is 0.780. The molecule has 0 saturated carbocycles. The molecule has 1 rings (SSSR count). The molecular weight excluding hydrogens is 252 g/mol. The molecule has 1 aromatic rings. The highest BCUT2D eigenvalue weighted by atomic mass is 35.5. The van der Waals surface area contributed by atoms with Crippen molar-refractivity contribution in [1.29, 1.82) is 0 Å². The third-order valence-corrected chi connectivity index (χ3v) is 2.29. The maximum absolute atomic E-state index is 10.5. The number of aromatic nitrogens is 2.